The maximum absolute atomic E-state index is 13.0. The van der Waals surface area contributed by atoms with Crippen LogP contribution in [0.4, 0.5) is 0 Å². The number of likely N-dealkylation sites (N-methyl/N-ethyl adjacent to an activating group) is 1. The fourth-order valence-corrected chi connectivity index (χ4v) is 4.52. The second kappa shape index (κ2) is 8.51. The molecule has 0 bridgehead atoms. The van der Waals surface area contributed by atoms with Crippen molar-refractivity contribution in [3.05, 3.63) is 58.6 Å². The van der Waals surface area contributed by atoms with E-state index in [-0.39, 0.29) is 30.5 Å². The van der Waals surface area contributed by atoms with Crippen LogP contribution in [0.3, 0.4) is 0 Å². The minimum Gasteiger partial charge on any atom is -0.492 e. The highest BCUT2D eigenvalue weighted by molar-refractivity contribution is 7.89. The largest absolute Gasteiger partial charge is 0.492 e. The summed E-state index contributed by atoms with van der Waals surface area (Å²) < 4.78 is 33.2. The standard InChI is InChI=1S/C20H23ClN2O4S/c1-15(24)22(2)10-9-16-3-8-20-17(13-16)14-23(11-12-27-20)28(25,26)19-6-4-18(21)5-7-19/h3-8,13H,9-12,14H2,1-2H3. The Morgan fingerprint density at radius 1 is 1.21 bits per heavy atom. The van der Waals surface area contributed by atoms with E-state index in [0.717, 1.165) is 11.1 Å². The lowest BCUT2D eigenvalue weighted by Gasteiger charge is -2.20. The van der Waals surface area contributed by atoms with Crippen LogP contribution in [0.2, 0.25) is 5.02 Å². The van der Waals surface area contributed by atoms with Crippen LogP contribution in [-0.4, -0.2) is 50.3 Å². The number of nitrogens with zero attached hydrogens (tertiary/aromatic N) is 2. The maximum Gasteiger partial charge on any atom is 0.243 e. The molecule has 1 aliphatic rings. The summed E-state index contributed by atoms with van der Waals surface area (Å²) in [5.74, 6) is 0.704. The molecule has 0 saturated heterocycles. The van der Waals surface area contributed by atoms with Gasteiger partial charge in [-0.25, -0.2) is 8.42 Å². The van der Waals surface area contributed by atoms with E-state index in [2.05, 4.69) is 0 Å². The summed E-state index contributed by atoms with van der Waals surface area (Å²) in [7, 11) is -1.89. The number of amides is 1. The molecular weight excluding hydrogens is 400 g/mol. The summed E-state index contributed by atoms with van der Waals surface area (Å²) in [6.07, 6.45) is 0.688. The Labute approximate surface area is 170 Å². The fraction of sp³-hybridized carbons (Fsp3) is 0.350. The Hall–Kier alpha value is -2.09. The van der Waals surface area contributed by atoms with Crippen molar-refractivity contribution in [2.45, 2.75) is 24.8 Å². The topological polar surface area (TPSA) is 66.9 Å². The molecule has 0 spiro atoms. The predicted molar refractivity (Wildman–Crippen MR) is 108 cm³/mol. The zero-order valence-electron chi connectivity index (χ0n) is 15.9. The van der Waals surface area contributed by atoms with Crippen molar-refractivity contribution in [1.29, 1.82) is 0 Å². The summed E-state index contributed by atoms with van der Waals surface area (Å²) in [5.41, 5.74) is 1.85. The third-order valence-corrected chi connectivity index (χ3v) is 6.91. The molecule has 2 aromatic rings. The van der Waals surface area contributed by atoms with Crippen molar-refractivity contribution >= 4 is 27.5 Å². The molecule has 0 saturated carbocycles. The molecule has 2 aromatic carbocycles. The molecule has 3 rings (SSSR count). The van der Waals surface area contributed by atoms with E-state index in [1.165, 1.54) is 23.4 Å². The third kappa shape index (κ3) is 4.66. The van der Waals surface area contributed by atoms with E-state index in [1.54, 1.807) is 24.1 Å². The normalized spacial score (nSPS) is 14.7. The molecule has 6 nitrogen and oxygen atoms in total. The first kappa shape index (κ1) is 20.6. The monoisotopic (exact) mass is 422 g/mol. The highest BCUT2D eigenvalue weighted by Gasteiger charge is 2.27. The lowest BCUT2D eigenvalue weighted by atomic mass is 10.1. The molecular formula is C20H23ClN2O4S. The van der Waals surface area contributed by atoms with E-state index < -0.39 is 10.0 Å². The van der Waals surface area contributed by atoms with Crippen LogP contribution in [0.1, 0.15) is 18.1 Å². The Bertz CT molecular complexity index is 961. The molecule has 0 atom stereocenters. The summed E-state index contributed by atoms with van der Waals surface area (Å²) in [4.78, 5) is 13.2. The Morgan fingerprint density at radius 3 is 2.61 bits per heavy atom. The van der Waals surface area contributed by atoms with Crippen LogP contribution < -0.4 is 4.74 Å². The SMILES string of the molecule is CC(=O)N(C)CCc1ccc2c(c1)CN(S(=O)(=O)c1ccc(Cl)cc1)CCO2. The van der Waals surface area contributed by atoms with Gasteiger partial charge in [-0.1, -0.05) is 23.7 Å². The summed E-state index contributed by atoms with van der Waals surface area (Å²) in [6.45, 7) is 2.91. The number of hydrogen-bond donors (Lipinski definition) is 0. The number of carbonyl (C=O) groups is 1. The van der Waals surface area contributed by atoms with E-state index >= 15 is 0 Å². The maximum atomic E-state index is 13.0. The Kier molecular flexibility index (Phi) is 6.27. The highest BCUT2D eigenvalue weighted by atomic mass is 35.5. The van der Waals surface area contributed by atoms with Gasteiger partial charge < -0.3 is 9.64 Å². The molecule has 1 aliphatic heterocycles. The van der Waals surface area contributed by atoms with Crippen molar-refractivity contribution in [2.75, 3.05) is 26.7 Å². The molecule has 0 unspecified atom stereocenters. The minimum atomic E-state index is -3.65. The molecule has 0 radical (unpaired) electrons. The zero-order chi connectivity index (χ0) is 20.3. The molecule has 1 heterocycles. The van der Waals surface area contributed by atoms with Crippen LogP contribution in [0.15, 0.2) is 47.4 Å². The number of carbonyl (C=O) groups excluding carboxylic acids is 1. The van der Waals surface area contributed by atoms with Gasteiger partial charge in [0.05, 0.1) is 4.90 Å². The first-order valence-electron chi connectivity index (χ1n) is 8.99. The summed E-state index contributed by atoms with van der Waals surface area (Å²) >= 11 is 5.88. The van der Waals surface area contributed by atoms with Gasteiger partial charge in [-0.2, -0.15) is 4.31 Å². The summed E-state index contributed by atoms with van der Waals surface area (Å²) in [5, 5.41) is 0.490. The smallest absolute Gasteiger partial charge is 0.243 e. The Morgan fingerprint density at radius 2 is 1.93 bits per heavy atom. The molecule has 0 fully saturated rings. The van der Waals surface area contributed by atoms with Gasteiger partial charge in [-0.15, -0.1) is 0 Å². The van der Waals surface area contributed by atoms with Crippen molar-refractivity contribution in [1.82, 2.24) is 9.21 Å². The van der Waals surface area contributed by atoms with Crippen LogP contribution in [-0.2, 0) is 27.8 Å². The van der Waals surface area contributed by atoms with Gasteiger partial charge in [-0.3, -0.25) is 4.79 Å². The van der Waals surface area contributed by atoms with E-state index in [4.69, 9.17) is 16.3 Å². The van der Waals surface area contributed by atoms with Gasteiger partial charge in [0, 0.05) is 44.2 Å². The predicted octanol–water partition coefficient (Wildman–Crippen LogP) is 2.94. The third-order valence-electron chi connectivity index (χ3n) is 4.79. The molecule has 150 valence electrons. The molecule has 0 aliphatic carbocycles. The number of halogens is 1. The zero-order valence-corrected chi connectivity index (χ0v) is 17.5. The van der Waals surface area contributed by atoms with Crippen LogP contribution in [0.25, 0.3) is 0 Å². The van der Waals surface area contributed by atoms with Gasteiger partial charge in [0.15, 0.2) is 0 Å². The number of rotatable bonds is 5. The average Bonchev–Trinajstić information content (AvgIpc) is 2.88. The van der Waals surface area contributed by atoms with E-state index in [1.807, 2.05) is 18.2 Å². The van der Waals surface area contributed by atoms with E-state index in [9.17, 15) is 13.2 Å². The van der Waals surface area contributed by atoms with Crippen LogP contribution in [0, 0.1) is 0 Å². The van der Waals surface area contributed by atoms with Gasteiger partial charge in [-0.05, 0) is 42.3 Å². The number of sulfonamides is 1. The molecule has 0 N–H and O–H groups in total. The number of ether oxygens (including phenoxy) is 1. The van der Waals surface area contributed by atoms with Crippen LogP contribution >= 0.6 is 11.6 Å². The Balaban J connectivity index is 1.82. The van der Waals surface area contributed by atoms with Gasteiger partial charge in [0.25, 0.3) is 0 Å². The number of hydrogen-bond acceptors (Lipinski definition) is 4. The molecule has 8 heteroatoms. The fourth-order valence-electron chi connectivity index (χ4n) is 2.99. The van der Waals surface area contributed by atoms with Gasteiger partial charge >= 0.3 is 0 Å². The van der Waals surface area contributed by atoms with Crippen molar-refractivity contribution < 1.29 is 17.9 Å². The summed E-state index contributed by atoms with van der Waals surface area (Å²) in [6, 6.07) is 11.9. The lowest BCUT2D eigenvalue weighted by Crippen LogP contribution is -2.32. The quantitative estimate of drug-likeness (QED) is 0.743. The van der Waals surface area contributed by atoms with Crippen molar-refractivity contribution in [3.63, 3.8) is 0 Å². The van der Waals surface area contributed by atoms with Gasteiger partial charge in [0.1, 0.15) is 12.4 Å². The van der Waals surface area contributed by atoms with Crippen LogP contribution in [0.5, 0.6) is 5.75 Å². The van der Waals surface area contributed by atoms with Gasteiger partial charge in [0.2, 0.25) is 15.9 Å². The minimum absolute atomic E-state index is 0.0123. The average molecular weight is 423 g/mol. The first-order valence-corrected chi connectivity index (χ1v) is 10.8. The first-order chi connectivity index (χ1) is 13.3. The van der Waals surface area contributed by atoms with Crippen molar-refractivity contribution in [3.8, 4) is 5.75 Å². The molecule has 0 aromatic heterocycles. The van der Waals surface area contributed by atoms with Crippen molar-refractivity contribution in [2.24, 2.45) is 0 Å². The molecule has 1 amide bonds. The second-order valence-electron chi connectivity index (χ2n) is 6.77. The highest BCUT2D eigenvalue weighted by Crippen LogP contribution is 2.28. The second-order valence-corrected chi connectivity index (χ2v) is 9.15. The number of fused-ring (bicyclic) bond motifs is 1. The van der Waals surface area contributed by atoms with E-state index in [0.29, 0.717) is 23.7 Å². The lowest BCUT2D eigenvalue weighted by molar-refractivity contribution is -0.127. The molecule has 28 heavy (non-hydrogen) atoms. The number of benzene rings is 2.